The Balaban J connectivity index is 2.16. The molecule has 0 heterocycles. The first-order valence-electron chi connectivity index (χ1n) is 5.96. The molecule has 4 heteroatoms. The molecular weight excluding hydrogens is 254 g/mol. The molecule has 2 rings (SSSR count). The van der Waals surface area contributed by atoms with Crippen molar-refractivity contribution < 1.29 is 15.0 Å². The van der Waals surface area contributed by atoms with Crippen molar-refractivity contribution in [3.63, 3.8) is 0 Å². The highest BCUT2D eigenvalue weighted by Gasteiger charge is 1.98. The lowest BCUT2D eigenvalue weighted by molar-refractivity contribution is -0.114. The topological polar surface area (TPSA) is 69.6 Å². The molecule has 0 saturated heterocycles. The highest BCUT2D eigenvalue weighted by Crippen LogP contribution is 2.24. The summed E-state index contributed by atoms with van der Waals surface area (Å²) in [7, 11) is 0. The van der Waals surface area contributed by atoms with E-state index in [2.05, 4.69) is 17.2 Å². The average Bonchev–Trinajstić information content (AvgIpc) is 2.41. The fourth-order valence-electron chi connectivity index (χ4n) is 1.59. The van der Waals surface area contributed by atoms with Crippen LogP contribution in [0.5, 0.6) is 11.5 Å². The summed E-state index contributed by atoms with van der Waals surface area (Å²) >= 11 is 0. The number of nitrogens with one attached hydrogen (secondary N) is 1. The van der Waals surface area contributed by atoms with Gasteiger partial charge in [-0.3, -0.25) is 4.79 Å². The second kappa shape index (κ2) is 5.81. The summed E-state index contributed by atoms with van der Waals surface area (Å²) in [6.07, 6.45) is 0. The van der Waals surface area contributed by atoms with Crippen LogP contribution in [0.3, 0.4) is 0 Å². The molecule has 4 nitrogen and oxygen atoms in total. The van der Waals surface area contributed by atoms with Crippen molar-refractivity contribution in [1.82, 2.24) is 0 Å². The molecule has 0 aliphatic carbocycles. The van der Waals surface area contributed by atoms with E-state index in [1.54, 1.807) is 30.3 Å². The van der Waals surface area contributed by atoms with E-state index in [4.69, 9.17) is 0 Å². The molecule has 0 aliphatic heterocycles. The Labute approximate surface area is 116 Å². The number of carbonyl (C=O) groups is 1. The van der Waals surface area contributed by atoms with Crippen molar-refractivity contribution >= 4 is 11.6 Å². The highest BCUT2D eigenvalue weighted by molar-refractivity contribution is 5.88. The second-order valence-corrected chi connectivity index (χ2v) is 4.21. The third kappa shape index (κ3) is 3.53. The van der Waals surface area contributed by atoms with E-state index >= 15 is 0 Å². The van der Waals surface area contributed by atoms with E-state index in [-0.39, 0.29) is 17.4 Å². The summed E-state index contributed by atoms with van der Waals surface area (Å²) in [6.45, 7) is 1.45. The maximum absolute atomic E-state index is 10.9. The number of phenolic OH excluding ortho intramolecular Hbond substituents is 2. The van der Waals surface area contributed by atoms with Crippen LogP contribution >= 0.6 is 0 Å². The standard InChI is InChI=1S/C16H13NO3/c1-11(18)17-14-7-4-12(5-8-14)2-3-13-6-9-15(19)16(20)10-13/h4-10,19-20H,1H3,(H,17,18). The van der Waals surface area contributed by atoms with Gasteiger partial charge in [0.05, 0.1) is 0 Å². The Bertz CT molecular complexity index is 694. The number of hydrogen-bond acceptors (Lipinski definition) is 3. The molecule has 0 unspecified atom stereocenters. The summed E-state index contributed by atoms with van der Waals surface area (Å²) in [6, 6.07) is 11.5. The van der Waals surface area contributed by atoms with Crippen LogP contribution in [0, 0.1) is 11.8 Å². The largest absolute Gasteiger partial charge is 0.504 e. The number of rotatable bonds is 1. The summed E-state index contributed by atoms with van der Waals surface area (Å²) in [4.78, 5) is 10.9. The molecule has 0 saturated carbocycles. The van der Waals surface area contributed by atoms with Gasteiger partial charge in [-0.1, -0.05) is 11.8 Å². The van der Waals surface area contributed by atoms with E-state index in [1.807, 2.05) is 0 Å². The molecule has 0 aliphatic rings. The van der Waals surface area contributed by atoms with Crippen LogP contribution in [0.1, 0.15) is 18.1 Å². The third-order valence-corrected chi connectivity index (χ3v) is 2.53. The molecule has 1 amide bonds. The smallest absolute Gasteiger partial charge is 0.221 e. The summed E-state index contributed by atoms with van der Waals surface area (Å²) in [5.74, 6) is 5.32. The van der Waals surface area contributed by atoms with Gasteiger partial charge in [-0.15, -0.1) is 0 Å². The van der Waals surface area contributed by atoms with Crippen LogP contribution in [0.4, 0.5) is 5.69 Å². The van der Waals surface area contributed by atoms with Gasteiger partial charge in [0.25, 0.3) is 0 Å². The molecule has 20 heavy (non-hydrogen) atoms. The zero-order chi connectivity index (χ0) is 14.5. The van der Waals surface area contributed by atoms with Gasteiger partial charge in [0.2, 0.25) is 5.91 Å². The number of phenols is 2. The van der Waals surface area contributed by atoms with E-state index in [0.29, 0.717) is 11.3 Å². The van der Waals surface area contributed by atoms with Gasteiger partial charge in [-0.05, 0) is 42.5 Å². The predicted octanol–water partition coefficient (Wildman–Crippen LogP) is 2.46. The van der Waals surface area contributed by atoms with Crippen LogP contribution in [-0.2, 0) is 4.79 Å². The first-order chi connectivity index (χ1) is 9.54. The van der Waals surface area contributed by atoms with Crippen molar-refractivity contribution in [2.75, 3.05) is 5.32 Å². The fourth-order valence-corrected chi connectivity index (χ4v) is 1.59. The van der Waals surface area contributed by atoms with Crippen molar-refractivity contribution in [2.24, 2.45) is 0 Å². The van der Waals surface area contributed by atoms with Crippen molar-refractivity contribution in [2.45, 2.75) is 6.92 Å². The van der Waals surface area contributed by atoms with Gasteiger partial charge < -0.3 is 15.5 Å². The average molecular weight is 267 g/mol. The predicted molar refractivity (Wildman–Crippen MR) is 76.5 cm³/mol. The lowest BCUT2D eigenvalue weighted by Gasteiger charge is -2.00. The molecule has 3 N–H and O–H groups in total. The normalized spacial score (nSPS) is 9.45. The number of hydrogen-bond donors (Lipinski definition) is 3. The van der Waals surface area contributed by atoms with Gasteiger partial charge in [0.1, 0.15) is 0 Å². The van der Waals surface area contributed by atoms with Crippen LogP contribution in [0.15, 0.2) is 42.5 Å². The molecule has 0 aromatic heterocycles. The quantitative estimate of drug-likeness (QED) is 0.549. The van der Waals surface area contributed by atoms with E-state index in [0.717, 1.165) is 5.56 Å². The Morgan fingerprint density at radius 3 is 2.15 bits per heavy atom. The Morgan fingerprint density at radius 2 is 1.55 bits per heavy atom. The zero-order valence-electron chi connectivity index (χ0n) is 10.8. The van der Waals surface area contributed by atoms with Gasteiger partial charge in [-0.25, -0.2) is 0 Å². The molecule has 0 bridgehead atoms. The molecule has 100 valence electrons. The molecule has 0 radical (unpaired) electrons. The Hall–Kier alpha value is -2.93. The van der Waals surface area contributed by atoms with Crippen LogP contribution in [0.25, 0.3) is 0 Å². The minimum absolute atomic E-state index is 0.122. The summed E-state index contributed by atoms with van der Waals surface area (Å²) in [5, 5.41) is 21.2. The third-order valence-electron chi connectivity index (χ3n) is 2.53. The van der Waals surface area contributed by atoms with Crippen LogP contribution in [-0.4, -0.2) is 16.1 Å². The maximum atomic E-state index is 10.9. The Morgan fingerprint density at radius 1 is 0.950 bits per heavy atom. The molecular formula is C16H13NO3. The lowest BCUT2D eigenvalue weighted by atomic mass is 10.1. The minimum Gasteiger partial charge on any atom is -0.504 e. The van der Waals surface area contributed by atoms with Crippen molar-refractivity contribution in [1.29, 1.82) is 0 Å². The van der Waals surface area contributed by atoms with Crippen molar-refractivity contribution in [3.8, 4) is 23.3 Å². The first-order valence-corrected chi connectivity index (χ1v) is 5.96. The van der Waals surface area contributed by atoms with Crippen molar-refractivity contribution in [3.05, 3.63) is 53.6 Å². The number of amides is 1. The lowest BCUT2D eigenvalue weighted by Crippen LogP contribution is -2.05. The molecule has 2 aromatic carbocycles. The van der Waals surface area contributed by atoms with Gasteiger partial charge >= 0.3 is 0 Å². The van der Waals surface area contributed by atoms with E-state index in [9.17, 15) is 15.0 Å². The zero-order valence-corrected chi connectivity index (χ0v) is 10.8. The molecule has 0 spiro atoms. The monoisotopic (exact) mass is 267 g/mol. The maximum Gasteiger partial charge on any atom is 0.221 e. The molecule has 0 fully saturated rings. The van der Waals surface area contributed by atoms with Crippen LogP contribution in [0.2, 0.25) is 0 Å². The minimum atomic E-state index is -0.196. The highest BCUT2D eigenvalue weighted by atomic mass is 16.3. The second-order valence-electron chi connectivity index (χ2n) is 4.21. The fraction of sp³-hybridized carbons (Fsp3) is 0.0625. The molecule has 0 atom stereocenters. The van der Waals surface area contributed by atoms with E-state index in [1.165, 1.54) is 19.1 Å². The van der Waals surface area contributed by atoms with Gasteiger partial charge in [0.15, 0.2) is 11.5 Å². The summed E-state index contributed by atoms with van der Waals surface area (Å²) in [5.41, 5.74) is 2.10. The SMILES string of the molecule is CC(=O)Nc1ccc(C#Cc2ccc(O)c(O)c2)cc1. The number of aromatic hydroxyl groups is 2. The van der Waals surface area contributed by atoms with Gasteiger partial charge in [-0.2, -0.15) is 0 Å². The molecule has 2 aromatic rings. The number of carbonyl (C=O) groups excluding carboxylic acids is 1. The number of benzene rings is 2. The first kappa shape index (κ1) is 13.5. The summed E-state index contributed by atoms with van der Waals surface area (Å²) < 4.78 is 0. The number of anilines is 1. The van der Waals surface area contributed by atoms with Crippen LogP contribution < -0.4 is 5.32 Å². The van der Waals surface area contributed by atoms with Gasteiger partial charge in [0, 0.05) is 23.7 Å². The Kier molecular flexibility index (Phi) is 3.92. The van der Waals surface area contributed by atoms with E-state index < -0.39 is 0 Å².